The van der Waals surface area contributed by atoms with Crippen molar-refractivity contribution in [3.05, 3.63) is 48.0 Å². The van der Waals surface area contributed by atoms with E-state index in [0.717, 1.165) is 12.1 Å². The lowest BCUT2D eigenvalue weighted by Crippen LogP contribution is -2.07. The fraction of sp³-hybridized carbons (Fsp3) is 0.235. The number of alkyl halides is 3. The van der Waals surface area contributed by atoms with Crippen LogP contribution >= 0.6 is 10.7 Å². The predicted octanol–water partition coefficient (Wildman–Crippen LogP) is 4.76. The van der Waals surface area contributed by atoms with Crippen molar-refractivity contribution in [2.75, 3.05) is 0 Å². The van der Waals surface area contributed by atoms with Crippen LogP contribution in [-0.2, 0) is 15.2 Å². The molecule has 0 spiro atoms. The van der Waals surface area contributed by atoms with Gasteiger partial charge in [0.25, 0.3) is 9.05 Å². The monoisotopic (exact) mass is 418 g/mol. The second-order valence-corrected chi connectivity index (χ2v) is 8.61. The summed E-state index contributed by atoms with van der Waals surface area (Å²) in [5.74, 6) is 0.155. The average molecular weight is 419 g/mol. The highest BCUT2D eigenvalue weighted by Crippen LogP contribution is 2.33. The molecule has 0 saturated carbocycles. The van der Waals surface area contributed by atoms with Crippen LogP contribution in [0, 0.1) is 0 Å². The minimum absolute atomic E-state index is 0.128. The van der Waals surface area contributed by atoms with Crippen LogP contribution in [0.1, 0.15) is 19.4 Å². The number of aromatic nitrogens is 2. The highest BCUT2D eigenvalue weighted by atomic mass is 35.7. The third-order valence-corrected chi connectivity index (χ3v) is 5.04. The molecule has 5 nitrogen and oxygen atoms in total. The number of nitrogens with zero attached hydrogens (tertiary/aromatic N) is 2. The minimum atomic E-state index is -4.44. The summed E-state index contributed by atoms with van der Waals surface area (Å²) in [5.41, 5.74) is 0.0550. The zero-order chi connectivity index (χ0) is 20.0. The Hall–Kier alpha value is -2.26. The molecule has 0 aliphatic rings. The Bertz CT molecular complexity index is 1090. The first-order valence-corrected chi connectivity index (χ1v) is 10.1. The van der Waals surface area contributed by atoms with Crippen LogP contribution in [0.15, 0.2) is 47.4 Å². The van der Waals surface area contributed by atoms with Crippen LogP contribution in [0.25, 0.3) is 16.6 Å². The fourth-order valence-electron chi connectivity index (χ4n) is 2.52. The Morgan fingerprint density at radius 3 is 2.26 bits per heavy atom. The van der Waals surface area contributed by atoms with Crippen LogP contribution in [0.3, 0.4) is 0 Å². The smallest absolute Gasteiger partial charge is 0.416 e. The summed E-state index contributed by atoms with van der Waals surface area (Å²) >= 11 is 0. The van der Waals surface area contributed by atoms with E-state index in [1.165, 1.54) is 35.0 Å². The van der Waals surface area contributed by atoms with Crippen molar-refractivity contribution in [2.45, 2.75) is 31.0 Å². The van der Waals surface area contributed by atoms with Gasteiger partial charge in [-0.05, 0) is 56.3 Å². The lowest BCUT2D eigenvalue weighted by Gasteiger charge is -2.08. The van der Waals surface area contributed by atoms with Crippen molar-refractivity contribution < 1.29 is 26.3 Å². The number of hydrogen-bond donors (Lipinski definition) is 0. The van der Waals surface area contributed by atoms with Gasteiger partial charge < -0.3 is 4.74 Å². The molecule has 0 aliphatic heterocycles. The summed E-state index contributed by atoms with van der Waals surface area (Å²) in [6.45, 7) is 3.54. The molecule has 1 heterocycles. The van der Waals surface area contributed by atoms with Crippen LogP contribution in [0.5, 0.6) is 5.88 Å². The van der Waals surface area contributed by atoms with E-state index in [-0.39, 0.29) is 16.9 Å². The van der Waals surface area contributed by atoms with E-state index in [4.69, 9.17) is 15.4 Å². The second kappa shape index (κ2) is 6.72. The topological polar surface area (TPSA) is 61.2 Å². The maximum Gasteiger partial charge on any atom is 0.416 e. The predicted molar refractivity (Wildman–Crippen MR) is 94.9 cm³/mol. The molecule has 0 fully saturated rings. The molecule has 0 unspecified atom stereocenters. The Labute approximate surface area is 157 Å². The molecule has 0 atom stereocenters. The quantitative estimate of drug-likeness (QED) is 0.573. The number of halogens is 4. The summed E-state index contributed by atoms with van der Waals surface area (Å²) in [6.07, 6.45) is -4.69. The number of benzene rings is 2. The molecule has 0 saturated heterocycles. The third kappa shape index (κ3) is 4.03. The standard InChI is InChI=1S/C17H14ClF3N2O3S/c1-10(2)26-16-14-9-13(27(18,24)25)7-8-15(14)23(22-16)12-5-3-11(4-6-12)17(19,20)21/h3-10H,1-2H3. The molecule has 0 amide bonds. The normalized spacial score (nSPS) is 12.7. The fourth-order valence-corrected chi connectivity index (χ4v) is 3.30. The van der Waals surface area contributed by atoms with Gasteiger partial charge in [-0.25, -0.2) is 13.1 Å². The van der Waals surface area contributed by atoms with Crippen LogP contribution in [0.4, 0.5) is 13.2 Å². The highest BCUT2D eigenvalue weighted by molar-refractivity contribution is 8.13. The van der Waals surface area contributed by atoms with Gasteiger partial charge in [-0.15, -0.1) is 5.10 Å². The van der Waals surface area contributed by atoms with Gasteiger partial charge in [0.1, 0.15) is 0 Å². The van der Waals surface area contributed by atoms with E-state index in [1.807, 2.05) is 0 Å². The summed E-state index contributed by atoms with van der Waals surface area (Å²) in [5, 5.41) is 4.67. The molecule has 1 aromatic heterocycles. The minimum Gasteiger partial charge on any atom is -0.473 e. The van der Waals surface area contributed by atoms with E-state index in [1.54, 1.807) is 13.8 Å². The average Bonchev–Trinajstić information content (AvgIpc) is 2.91. The summed E-state index contributed by atoms with van der Waals surface area (Å²) in [4.78, 5) is -0.128. The van der Waals surface area contributed by atoms with Crippen molar-refractivity contribution in [2.24, 2.45) is 0 Å². The Morgan fingerprint density at radius 1 is 1.11 bits per heavy atom. The molecule has 0 N–H and O–H groups in total. The zero-order valence-electron chi connectivity index (χ0n) is 14.2. The first-order valence-electron chi connectivity index (χ1n) is 7.78. The van der Waals surface area contributed by atoms with Gasteiger partial charge in [0, 0.05) is 10.7 Å². The number of fused-ring (bicyclic) bond motifs is 1. The first kappa shape index (κ1) is 19.5. The van der Waals surface area contributed by atoms with Gasteiger partial charge in [-0.2, -0.15) is 13.2 Å². The summed E-state index contributed by atoms with van der Waals surface area (Å²) < 4.78 is 68.5. The van der Waals surface area contributed by atoms with E-state index < -0.39 is 20.8 Å². The van der Waals surface area contributed by atoms with Crippen molar-refractivity contribution in [3.8, 4) is 11.6 Å². The van der Waals surface area contributed by atoms with Crippen LogP contribution in [-0.4, -0.2) is 24.3 Å². The Kier molecular flexibility index (Phi) is 4.85. The van der Waals surface area contributed by atoms with Gasteiger partial charge in [-0.3, -0.25) is 0 Å². The largest absolute Gasteiger partial charge is 0.473 e. The third-order valence-electron chi connectivity index (χ3n) is 3.69. The summed E-state index contributed by atoms with van der Waals surface area (Å²) in [7, 11) is 1.44. The maximum atomic E-state index is 12.8. The first-order chi connectivity index (χ1) is 12.5. The second-order valence-electron chi connectivity index (χ2n) is 6.04. The lowest BCUT2D eigenvalue weighted by molar-refractivity contribution is -0.137. The number of rotatable bonds is 4. The molecular weight excluding hydrogens is 405 g/mol. The molecule has 27 heavy (non-hydrogen) atoms. The zero-order valence-corrected chi connectivity index (χ0v) is 15.7. The molecule has 144 valence electrons. The van der Waals surface area contributed by atoms with E-state index >= 15 is 0 Å². The van der Waals surface area contributed by atoms with Crippen LogP contribution < -0.4 is 4.74 Å². The molecule has 10 heteroatoms. The highest BCUT2D eigenvalue weighted by Gasteiger charge is 2.30. The molecule has 0 bridgehead atoms. The SMILES string of the molecule is CC(C)Oc1nn(-c2ccc(C(F)(F)F)cc2)c2ccc(S(=O)(=O)Cl)cc12. The maximum absolute atomic E-state index is 12.8. The lowest BCUT2D eigenvalue weighted by atomic mass is 10.2. The molecule has 3 aromatic rings. The van der Waals surface area contributed by atoms with Crippen molar-refractivity contribution in [1.29, 1.82) is 0 Å². The van der Waals surface area contributed by atoms with E-state index in [2.05, 4.69) is 5.10 Å². The summed E-state index contributed by atoms with van der Waals surface area (Å²) in [6, 6.07) is 8.55. The van der Waals surface area contributed by atoms with Crippen molar-refractivity contribution >= 4 is 30.6 Å². The van der Waals surface area contributed by atoms with Crippen molar-refractivity contribution in [3.63, 3.8) is 0 Å². The number of hydrogen-bond acceptors (Lipinski definition) is 4. The van der Waals surface area contributed by atoms with E-state index in [0.29, 0.717) is 16.6 Å². The molecule has 0 aliphatic carbocycles. The molecule has 2 aromatic carbocycles. The van der Waals surface area contributed by atoms with E-state index in [9.17, 15) is 21.6 Å². The molecule has 0 radical (unpaired) electrons. The number of ether oxygens (including phenoxy) is 1. The van der Waals surface area contributed by atoms with Crippen LogP contribution in [0.2, 0.25) is 0 Å². The molecule has 3 rings (SSSR count). The van der Waals surface area contributed by atoms with Gasteiger partial charge >= 0.3 is 6.18 Å². The van der Waals surface area contributed by atoms with Gasteiger partial charge in [-0.1, -0.05) is 0 Å². The van der Waals surface area contributed by atoms with Gasteiger partial charge in [0.2, 0.25) is 5.88 Å². The Morgan fingerprint density at radius 2 is 1.74 bits per heavy atom. The van der Waals surface area contributed by atoms with Gasteiger partial charge in [0.05, 0.1) is 33.2 Å². The Balaban J connectivity index is 2.18. The van der Waals surface area contributed by atoms with Gasteiger partial charge in [0.15, 0.2) is 0 Å². The molecular formula is C17H14ClF3N2O3S. The van der Waals surface area contributed by atoms with Crippen molar-refractivity contribution in [1.82, 2.24) is 9.78 Å².